The molecule has 3 rings (SSSR count). The van der Waals surface area contributed by atoms with Gasteiger partial charge >= 0.3 is 5.69 Å². The average molecular weight is 372 g/mol. The van der Waals surface area contributed by atoms with Crippen molar-refractivity contribution >= 4 is 29.0 Å². The first-order chi connectivity index (χ1) is 12.9. The van der Waals surface area contributed by atoms with Gasteiger partial charge in [-0.05, 0) is 42.5 Å². The van der Waals surface area contributed by atoms with E-state index in [1.54, 1.807) is 31.4 Å². The average Bonchev–Trinajstić information content (AvgIpc) is 2.60. The Kier molecular flexibility index (Phi) is 5.29. The van der Waals surface area contributed by atoms with E-state index in [0.717, 1.165) is 19.5 Å². The zero-order valence-electron chi connectivity index (χ0n) is 15.7. The number of nitro groups is 1. The van der Waals surface area contributed by atoms with Crippen LogP contribution in [0.1, 0.15) is 20.3 Å². The van der Waals surface area contributed by atoms with Crippen molar-refractivity contribution in [3.05, 3.63) is 34.4 Å². The van der Waals surface area contributed by atoms with Crippen LogP contribution < -0.4 is 20.7 Å². The van der Waals surface area contributed by atoms with Crippen LogP contribution in [-0.4, -0.2) is 35.1 Å². The lowest BCUT2D eigenvalue weighted by molar-refractivity contribution is -0.383. The van der Waals surface area contributed by atoms with Crippen LogP contribution in [0.2, 0.25) is 0 Å². The molecule has 1 saturated heterocycles. The van der Waals surface area contributed by atoms with Gasteiger partial charge in [-0.15, -0.1) is 0 Å². The van der Waals surface area contributed by atoms with Gasteiger partial charge in [-0.25, -0.2) is 0 Å². The van der Waals surface area contributed by atoms with Crippen LogP contribution in [-0.2, 0) is 0 Å². The summed E-state index contributed by atoms with van der Waals surface area (Å²) in [5.41, 5.74) is 6.23. The van der Waals surface area contributed by atoms with E-state index in [1.165, 1.54) is 0 Å². The summed E-state index contributed by atoms with van der Waals surface area (Å²) in [5, 5.41) is 14.5. The van der Waals surface area contributed by atoms with Crippen LogP contribution in [0.4, 0.5) is 29.0 Å². The molecule has 0 amide bonds. The molecule has 0 saturated carbocycles. The molecule has 1 aromatic heterocycles. The minimum Gasteiger partial charge on any atom is -0.497 e. The van der Waals surface area contributed by atoms with E-state index in [1.807, 2.05) is 4.90 Å². The lowest BCUT2D eigenvalue weighted by Gasteiger charge is -2.35. The van der Waals surface area contributed by atoms with Gasteiger partial charge in [0, 0.05) is 18.8 Å². The van der Waals surface area contributed by atoms with Crippen molar-refractivity contribution in [3.63, 3.8) is 0 Å². The van der Waals surface area contributed by atoms with Gasteiger partial charge in [0.15, 0.2) is 0 Å². The third-order valence-electron chi connectivity index (χ3n) is 4.59. The molecule has 9 nitrogen and oxygen atoms in total. The predicted octanol–water partition coefficient (Wildman–Crippen LogP) is 3.20. The summed E-state index contributed by atoms with van der Waals surface area (Å²) in [6.07, 6.45) is 1.13. The summed E-state index contributed by atoms with van der Waals surface area (Å²) in [6, 6.07) is 7.03. The van der Waals surface area contributed by atoms with Gasteiger partial charge in [-0.1, -0.05) is 13.8 Å². The van der Waals surface area contributed by atoms with E-state index in [4.69, 9.17) is 10.5 Å². The van der Waals surface area contributed by atoms with Crippen LogP contribution in [0.5, 0.6) is 5.75 Å². The minimum absolute atomic E-state index is 0.0820. The molecule has 0 bridgehead atoms. The molecule has 27 heavy (non-hydrogen) atoms. The fraction of sp³-hybridized carbons (Fsp3) is 0.444. The molecule has 1 aliphatic rings. The number of nitrogen functional groups attached to an aromatic ring is 1. The fourth-order valence-corrected chi connectivity index (χ4v) is 3.51. The molecule has 1 fully saturated rings. The van der Waals surface area contributed by atoms with Crippen molar-refractivity contribution in [1.82, 2.24) is 9.97 Å². The molecule has 2 heterocycles. The normalized spacial score (nSPS) is 19.6. The molecule has 1 aliphatic heterocycles. The molecule has 1 aromatic carbocycles. The number of anilines is 4. The molecular weight excluding hydrogens is 348 g/mol. The summed E-state index contributed by atoms with van der Waals surface area (Å²) < 4.78 is 5.13. The Labute approximate surface area is 157 Å². The first-order valence-electron chi connectivity index (χ1n) is 8.85. The first kappa shape index (κ1) is 18.7. The van der Waals surface area contributed by atoms with Crippen LogP contribution in [0.15, 0.2) is 24.3 Å². The van der Waals surface area contributed by atoms with Crippen molar-refractivity contribution in [2.24, 2.45) is 11.8 Å². The van der Waals surface area contributed by atoms with Crippen LogP contribution in [0, 0.1) is 22.0 Å². The summed E-state index contributed by atoms with van der Waals surface area (Å²) >= 11 is 0. The van der Waals surface area contributed by atoms with E-state index in [-0.39, 0.29) is 17.3 Å². The molecule has 9 heteroatoms. The molecule has 3 N–H and O–H groups in total. The van der Waals surface area contributed by atoms with Crippen molar-refractivity contribution in [1.29, 1.82) is 0 Å². The second-order valence-electron chi connectivity index (χ2n) is 7.07. The number of hydrogen-bond acceptors (Lipinski definition) is 8. The number of nitrogens with two attached hydrogens (primary N) is 1. The Morgan fingerprint density at radius 3 is 2.41 bits per heavy atom. The zero-order chi connectivity index (χ0) is 19.6. The standard InChI is InChI=1S/C18H24N6O3/c1-11-8-12(2)10-23(9-11)18-21-16(19)15(24(25)26)17(22-18)20-13-4-6-14(27-3)7-5-13/h4-7,11-12H,8-10H2,1-3H3,(H3,19,20,21,22). The lowest BCUT2D eigenvalue weighted by Crippen LogP contribution is -2.39. The zero-order valence-corrected chi connectivity index (χ0v) is 15.7. The van der Waals surface area contributed by atoms with E-state index in [2.05, 4.69) is 29.1 Å². The van der Waals surface area contributed by atoms with Gasteiger partial charge in [0.2, 0.25) is 17.6 Å². The summed E-state index contributed by atoms with van der Waals surface area (Å²) in [6.45, 7) is 5.94. The number of benzene rings is 1. The Morgan fingerprint density at radius 2 is 1.85 bits per heavy atom. The number of aromatic nitrogens is 2. The second kappa shape index (κ2) is 7.65. The topological polar surface area (TPSA) is 119 Å². The van der Waals surface area contributed by atoms with Crippen LogP contribution in [0.25, 0.3) is 0 Å². The Balaban J connectivity index is 1.96. The van der Waals surface area contributed by atoms with E-state index in [0.29, 0.717) is 29.2 Å². The van der Waals surface area contributed by atoms with E-state index >= 15 is 0 Å². The first-order valence-corrected chi connectivity index (χ1v) is 8.85. The number of nitrogens with zero attached hydrogens (tertiary/aromatic N) is 4. The quantitative estimate of drug-likeness (QED) is 0.606. The third kappa shape index (κ3) is 4.18. The molecule has 2 unspecified atom stereocenters. The summed E-state index contributed by atoms with van der Waals surface area (Å²) in [5.74, 6) is 2.02. The highest BCUT2D eigenvalue weighted by Crippen LogP contribution is 2.34. The van der Waals surface area contributed by atoms with Crippen molar-refractivity contribution in [2.75, 3.05) is 36.1 Å². The van der Waals surface area contributed by atoms with Gasteiger partial charge < -0.3 is 20.7 Å². The summed E-state index contributed by atoms with van der Waals surface area (Å²) in [4.78, 5) is 21.6. The maximum absolute atomic E-state index is 11.5. The minimum atomic E-state index is -0.563. The lowest BCUT2D eigenvalue weighted by atomic mass is 9.92. The SMILES string of the molecule is COc1ccc(Nc2nc(N3CC(C)CC(C)C3)nc(N)c2[N+](=O)[O-])cc1. The van der Waals surface area contributed by atoms with E-state index < -0.39 is 4.92 Å². The van der Waals surface area contributed by atoms with Crippen molar-refractivity contribution in [3.8, 4) is 5.75 Å². The molecule has 144 valence electrons. The number of rotatable bonds is 5. The van der Waals surface area contributed by atoms with E-state index in [9.17, 15) is 10.1 Å². The fourth-order valence-electron chi connectivity index (χ4n) is 3.51. The van der Waals surface area contributed by atoms with Gasteiger partial charge in [0.05, 0.1) is 12.0 Å². The second-order valence-corrected chi connectivity index (χ2v) is 7.07. The van der Waals surface area contributed by atoms with Crippen molar-refractivity contribution < 1.29 is 9.66 Å². The Hall–Kier alpha value is -3.10. The number of methoxy groups -OCH3 is 1. The van der Waals surface area contributed by atoms with Crippen LogP contribution in [0.3, 0.4) is 0 Å². The van der Waals surface area contributed by atoms with Crippen molar-refractivity contribution in [2.45, 2.75) is 20.3 Å². The molecule has 2 aromatic rings. The van der Waals surface area contributed by atoms with Gasteiger partial charge in [-0.3, -0.25) is 10.1 Å². The maximum Gasteiger partial charge on any atom is 0.353 e. The molecule has 2 atom stereocenters. The third-order valence-corrected chi connectivity index (χ3v) is 4.59. The highest BCUT2D eigenvalue weighted by Gasteiger charge is 2.28. The number of piperidine rings is 1. The summed E-state index contributed by atoms with van der Waals surface area (Å²) in [7, 11) is 1.57. The number of nitrogens with one attached hydrogen (secondary N) is 1. The smallest absolute Gasteiger partial charge is 0.353 e. The highest BCUT2D eigenvalue weighted by atomic mass is 16.6. The molecule has 0 radical (unpaired) electrons. The molecular formula is C18H24N6O3. The van der Waals surface area contributed by atoms with Gasteiger partial charge in [-0.2, -0.15) is 9.97 Å². The largest absolute Gasteiger partial charge is 0.497 e. The Morgan fingerprint density at radius 1 is 1.22 bits per heavy atom. The monoisotopic (exact) mass is 372 g/mol. The van der Waals surface area contributed by atoms with Gasteiger partial charge in [0.1, 0.15) is 5.75 Å². The molecule has 0 spiro atoms. The maximum atomic E-state index is 11.5. The van der Waals surface area contributed by atoms with Gasteiger partial charge in [0.25, 0.3) is 0 Å². The number of ether oxygens (including phenoxy) is 1. The predicted molar refractivity (Wildman–Crippen MR) is 105 cm³/mol. The molecule has 0 aliphatic carbocycles. The highest BCUT2D eigenvalue weighted by molar-refractivity contribution is 5.74. The van der Waals surface area contributed by atoms with Crippen LogP contribution >= 0.6 is 0 Å². The number of hydrogen-bond donors (Lipinski definition) is 2. The Bertz CT molecular complexity index is 817.